The number of carbonyl (C=O) groups is 2. The molecule has 0 bridgehead atoms. The minimum Gasteiger partial charge on any atom is -0.493 e. The highest BCUT2D eigenvalue weighted by molar-refractivity contribution is 6.02. The van der Waals surface area contributed by atoms with Crippen LogP contribution in [0.4, 0.5) is 0 Å². The van der Waals surface area contributed by atoms with Crippen molar-refractivity contribution in [2.24, 2.45) is 11.8 Å². The summed E-state index contributed by atoms with van der Waals surface area (Å²) in [4.78, 5) is 25.0. The average molecular weight is 290 g/mol. The number of Topliss-reactive ketones (excluding diaryl/α,β-unsaturated/α-hetero) is 1. The molecule has 0 N–H and O–H groups in total. The molecule has 114 valence electrons. The number of hydrogen-bond donors (Lipinski definition) is 0. The van der Waals surface area contributed by atoms with Gasteiger partial charge in [0, 0.05) is 5.56 Å². The van der Waals surface area contributed by atoms with Gasteiger partial charge in [-0.25, -0.2) is 0 Å². The number of hydrogen-bond acceptors (Lipinski definition) is 4. The van der Waals surface area contributed by atoms with Crippen LogP contribution in [0.3, 0.4) is 0 Å². The highest BCUT2D eigenvalue weighted by Crippen LogP contribution is 2.36. The topological polar surface area (TPSA) is 52.6 Å². The van der Waals surface area contributed by atoms with Crippen LogP contribution in [0.5, 0.6) is 5.75 Å². The summed E-state index contributed by atoms with van der Waals surface area (Å²) in [6.45, 7) is 6.31. The Morgan fingerprint density at radius 3 is 2.71 bits per heavy atom. The van der Waals surface area contributed by atoms with Crippen LogP contribution in [0.2, 0.25) is 0 Å². The van der Waals surface area contributed by atoms with Crippen molar-refractivity contribution in [1.29, 1.82) is 0 Å². The zero-order valence-corrected chi connectivity index (χ0v) is 12.8. The van der Waals surface area contributed by atoms with E-state index in [1.54, 1.807) is 6.92 Å². The molecule has 1 aliphatic rings. The lowest BCUT2D eigenvalue weighted by Crippen LogP contribution is -2.35. The lowest BCUT2D eigenvalue weighted by atomic mass is 9.79. The SMILES string of the molecule is CCOC(=O)C(C(=O)C1CCOc2ccccc21)C(C)C. The van der Waals surface area contributed by atoms with Crippen molar-refractivity contribution in [3.05, 3.63) is 29.8 Å². The summed E-state index contributed by atoms with van der Waals surface area (Å²) < 4.78 is 10.7. The minimum absolute atomic E-state index is 0.0563. The lowest BCUT2D eigenvalue weighted by Gasteiger charge is -2.28. The Hall–Kier alpha value is -1.84. The molecular weight excluding hydrogens is 268 g/mol. The Labute approximate surface area is 125 Å². The molecule has 2 unspecified atom stereocenters. The van der Waals surface area contributed by atoms with Gasteiger partial charge in [-0.05, 0) is 25.3 Å². The van der Waals surface area contributed by atoms with Gasteiger partial charge in [-0.2, -0.15) is 0 Å². The molecule has 0 radical (unpaired) electrons. The summed E-state index contributed by atoms with van der Waals surface area (Å²) in [5, 5.41) is 0. The summed E-state index contributed by atoms with van der Waals surface area (Å²) in [6, 6.07) is 7.54. The van der Waals surface area contributed by atoms with E-state index >= 15 is 0 Å². The maximum absolute atomic E-state index is 12.9. The van der Waals surface area contributed by atoms with Gasteiger partial charge in [0.25, 0.3) is 0 Å². The summed E-state index contributed by atoms with van der Waals surface area (Å²) in [7, 11) is 0. The molecule has 2 atom stereocenters. The van der Waals surface area contributed by atoms with Crippen molar-refractivity contribution in [3.63, 3.8) is 0 Å². The maximum atomic E-state index is 12.9. The fraction of sp³-hybridized carbons (Fsp3) is 0.529. The van der Waals surface area contributed by atoms with E-state index in [-0.39, 0.29) is 17.6 Å². The molecule has 4 nitrogen and oxygen atoms in total. The van der Waals surface area contributed by atoms with Crippen molar-refractivity contribution < 1.29 is 19.1 Å². The minimum atomic E-state index is -0.707. The number of esters is 1. The van der Waals surface area contributed by atoms with E-state index in [4.69, 9.17) is 9.47 Å². The third-order valence-corrected chi connectivity index (χ3v) is 3.82. The molecule has 2 rings (SSSR count). The third-order valence-electron chi connectivity index (χ3n) is 3.82. The van der Waals surface area contributed by atoms with Gasteiger partial charge in [-0.15, -0.1) is 0 Å². The van der Waals surface area contributed by atoms with Gasteiger partial charge in [0.15, 0.2) is 5.78 Å². The molecule has 0 aromatic heterocycles. The first-order valence-corrected chi connectivity index (χ1v) is 7.48. The van der Waals surface area contributed by atoms with Gasteiger partial charge in [0.05, 0.1) is 19.1 Å². The molecular formula is C17H22O4. The van der Waals surface area contributed by atoms with Gasteiger partial charge in [-0.3, -0.25) is 9.59 Å². The average Bonchev–Trinajstić information content (AvgIpc) is 2.46. The molecule has 0 spiro atoms. The molecule has 1 aromatic carbocycles. The molecule has 21 heavy (non-hydrogen) atoms. The van der Waals surface area contributed by atoms with Gasteiger partial charge < -0.3 is 9.47 Å². The number of para-hydroxylation sites is 1. The summed E-state index contributed by atoms with van der Waals surface area (Å²) in [5.74, 6) is -0.798. The molecule has 0 fully saturated rings. The van der Waals surface area contributed by atoms with E-state index in [1.165, 1.54) is 0 Å². The summed E-state index contributed by atoms with van der Waals surface area (Å²) in [5.41, 5.74) is 0.878. The Morgan fingerprint density at radius 2 is 2.05 bits per heavy atom. The van der Waals surface area contributed by atoms with Gasteiger partial charge in [0.1, 0.15) is 11.7 Å². The van der Waals surface area contributed by atoms with Crippen LogP contribution in [-0.4, -0.2) is 25.0 Å². The molecule has 0 saturated carbocycles. The number of fused-ring (bicyclic) bond motifs is 1. The van der Waals surface area contributed by atoms with Crippen LogP contribution in [0.15, 0.2) is 24.3 Å². The largest absolute Gasteiger partial charge is 0.493 e. The van der Waals surface area contributed by atoms with E-state index in [1.807, 2.05) is 38.1 Å². The predicted octanol–water partition coefficient (Wildman–Crippen LogP) is 2.96. The van der Waals surface area contributed by atoms with Crippen molar-refractivity contribution >= 4 is 11.8 Å². The second-order valence-electron chi connectivity index (χ2n) is 5.60. The Morgan fingerprint density at radius 1 is 1.33 bits per heavy atom. The van der Waals surface area contributed by atoms with Crippen LogP contribution in [0.1, 0.15) is 38.7 Å². The first kappa shape index (κ1) is 15.5. The maximum Gasteiger partial charge on any atom is 0.316 e. The van der Waals surface area contributed by atoms with Crippen molar-refractivity contribution in [1.82, 2.24) is 0 Å². The predicted molar refractivity (Wildman–Crippen MR) is 79.3 cm³/mol. The molecule has 0 saturated heterocycles. The quantitative estimate of drug-likeness (QED) is 0.618. The first-order chi connectivity index (χ1) is 10.1. The molecule has 1 aliphatic heterocycles. The summed E-state index contributed by atoms with van der Waals surface area (Å²) >= 11 is 0. The van der Waals surface area contributed by atoms with E-state index in [2.05, 4.69) is 0 Å². The Balaban J connectivity index is 2.28. The normalized spacial score (nSPS) is 18.6. The van der Waals surface area contributed by atoms with Gasteiger partial charge in [-0.1, -0.05) is 32.0 Å². The van der Waals surface area contributed by atoms with Crippen LogP contribution in [-0.2, 0) is 14.3 Å². The highest BCUT2D eigenvalue weighted by atomic mass is 16.5. The van der Waals surface area contributed by atoms with Crippen LogP contribution < -0.4 is 4.74 Å². The lowest BCUT2D eigenvalue weighted by molar-refractivity contribution is -0.154. The zero-order valence-electron chi connectivity index (χ0n) is 12.8. The number of carbonyl (C=O) groups excluding carboxylic acids is 2. The van der Waals surface area contributed by atoms with Gasteiger partial charge in [0.2, 0.25) is 0 Å². The fourth-order valence-corrected chi connectivity index (χ4v) is 2.80. The van der Waals surface area contributed by atoms with Crippen molar-refractivity contribution in [2.45, 2.75) is 33.1 Å². The van der Waals surface area contributed by atoms with Crippen LogP contribution in [0, 0.1) is 11.8 Å². The third kappa shape index (κ3) is 3.26. The van der Waals surface area contributed by atoms with E-state index < -0.39 is 11.9 Å². The number of benzene rings is 1. The monoisotopic (exact) mass is 290 g/mol. The Kier molecular flexibility index (Phi) is 4.99. The number of ether oxygens (including phenoxy) is 2. The Bertz CT molecular complexity index is 521. The zero-order chi connectivity index (χ0) is 15.4. The van der Waals surface area contributed by atoms with Crippen molar-refractivity contribution in [3.8, 4) is 5.75 Å². The van der Waals surface area contributed by atoms with Gasteiger partial charge >= 0.3 is 5.97 Å². The molecule has 0 aliphatic carbocycles. The van der Waals surface area contributed by atoms with Crippen molar-refractivity contribution in [2.75, 3.05) is 13.2 Å². The second kappa shape index (κ2) is 6.74. The fourth-order valence-electron chi connectivity index (χ4n) is 2.80. The van der Waals surface area contributed by atoms with Crippen LogP contribution in [0.25, 0.3) is 0 Å². The van der Waals surface area contributed by atoms with Crippen LogP contribution >= 0.6 is 0 Å². The number of rotatable bonds is 5. The molecule has 1 aromatic rings. The van der Waals surface area contributed by atoms with E-state index in [0.29, 0.717) is 19.6 Å². The first-order valence-electron chi connectivity index (χ1n) is 7.48. The number of ketones is 1. The standard InChI is InChI=1S/C17H22O4/c1-4-20-17(19)15(11(2)3)16(18)13-9-10-21-14-8-6-5-7-12(13)14/h5-8,11,13,15H,4,9-10H2,1-3H3. The van der Waals surface area contributed by atoms with E-state index in [9.17, 15) is 9.59 Å². The smallest absolute Gasteiger partial charge is 0.316 e. The molecule has 0 amide bonds. The van der Waals surface area contributed by atoms with E-state index in [0.717, 1.165) is 11.3 Å². The molecule has 1 heterocycles. The highest BCUT2D eigenvalue weighted by Gasteiger charge is 2.38. The second-order valence-corrected chi connectivity index (χ2v) is 5.60. The summed E-state index contributed by atoms with van der Waals surface area (Å²) in [6.07, 6.45) is 0.610. The molecule has 4 heteroatoms.